The van der Waals surface area contributed by atoms with Gasteiger partial charge >= 0.3 is 5.97 Å². The molecule has 0 radical (unpaired) electrons. The molecule has 2 aromatic carbocycles. The molecule has 0 bridgehead atoms. The molecule has 1 atom stereocenters. The number of hydrogen-bond donors (Lipinski definition) is 1. The van der Waals surface area contributed by atoms with Gasteiger partial charge in [0.15, 0.2) is 6.10 Å². The zero-order valence-corrected chi connectivity index (χ0v) is 17.6. The Morgan fingerprint density at radius 2 is 1.79 bits per heavy atom. The number of rotatable bonds is 8. The molecule has 0 aliphatic rings. The van der Waals surface area contributed by atoms with Gasteiger partial charge in [-0.3, -0.25) is 4.79 Å². The van der Waals surface area contributed by atoms with Crippen LogP contribution >= 0.6 is 11.6 Å². The Balaban J connectivity index is 2.11. The number of carbonyl (C=O) groups excluding carboxylic acids is 2. The van der Waals surface area contributed by atoms with Crippen LogP contribution in [-0.2, 0) is 19.6 Å². The SMILES string of the molecule is CNS(=O)(=O)c1cc(/C=C/C(=O)OC(C)C(=O)c2ccc(Cl)cc2)ccc1OC. The fourth-order valence-electron chi connectivity index (χ4n) is 2.40. The zero-order valence-electron chi connectivity index (χ0n) is 16.0. The van der Waals surface area contributed by atoms with Crippen LogP contribution in [0.4, 0.5) is 0 Å². The average Bonchev–Trinajstić information content (AvgIpc) is 2.72. The lowest BCUT2D eigenvalue weighted by atomic mass is 10.1. The van der Waals surface area contributed by atoms with Crippen molar-refractivity contribution < 1.29 is 27.5 Å². The second kappa shape index (κ2) is 9.69. The van der Waals surface area contributed by atoms with Crippen molar-refractivity contribution in [1.29, 1.82) is 0 Å². The summed E-state index contributed by atoms with van der Waals surface area (Å²) in [5, 5.41) is 0.494. The first kappa shape index (κ1) is 22.6. The summed E-state index contributed by atoms with van der Waals surface area (Å²) in [5.41, 5.74) is 0.809. The standard InChI is InChI=1S/C20H20ClNO6S/c1-13(20(24)15-6-8-16(21)9-7-15)28-19(23)11-5-14-4-10-17(27-3)18(12-14)29(25,26)22-2/h4-13,22H,1-3H3/b11-5+. The van der Waals surface area contributed by atoms with Gasteiger partial charge in [0, 0.05) is 16.7 Å². The van der Waals surface area contributed by atoms with E-state index < -0.39 is 22.1 Å². The Bertz CT molecular complexity index is 1030. The average molecular weight is 438 g/mol. The van der Waals surface area contributed by atoms with E-state index in [4.69, 9.17) is 21.1 Å². The van der Waals surface area contributed by atoms with Crippen LogP contribution in [0.15, 0.2) is 53.4 Å². The van der Waals surface area contributed by atoms with Gasteiger partial charge in [0.1, 0.15) is 10.6 Å². The lowest BCUT2D eigenvalue weighted by Gasteiger charge is -2.11. The van der Waals surface area contributed by atoms with Gasteiger partial charge in [0.2, 0.25) is 15.8 Å². The summed E-state index contributed by atoms with van der Waals surface area (Å²) in [7, 11) is -1.10. The largest absolute Gasteiger partial charge is 0.495 e. The van der Waals surface area contributed by atoms with Crippen molar-refractivity contribution in [3.8, 4) is 5.75 Å². The van der Waals surface area contributed by atoms with E-state index in [-0.39, 0.29) is 16.4 Å². The van der Waals surface area contributed by atoms with Crippen molar-refractivity contribution in [2.75, 3.05) is 14.2 Å². The lowest BCUT2D eigenvalue weighted by molar-refractivity contribution is -0.140. The molecule has 0 heterocycles. The van der Waals surface area contributed by atoms with Crippen molar-refractivity contribution in [1.82, 2.24) is 4.72 Å². The van der Waals surface area contributed by atoms with Crippen molar-refractivity contribution in [3.05, 3.63) is 64.7 Å². The molecule has 9 heteroatoms. The van der Waals surface area contributed by atoms with E-state index in [1.165, 1.54) is 39.3 Å². The topological polar surface area (TPSA) is 98.8 Å². The van der Waals surface area contributed by atoms with Crippen molar-refractivity contribution in [2.45, 2.75) is 17.9 Å². The van der Waals surface area contributed by atoms with Gasteiger partial charge in [0.05, 0.1) is 7.11 Å². The highest BCUT2D eigenvalue weighted by Crippen LogP contribution is 2.25. The monoisotopic (exact) mass is 437 g/mol. The Labute approximate surface area is 174 Å². The molecule has 0 saturated heterocycles. The number of Topliss-reactive ketones (excluding diaryl/α,β-unsaturated/α-hetero) is 1. The molecular weight excluding hydrogens is 418 g/mol. The highest BCUT2D eigenvalue weighted by atomic mass is 35.5. The molecule has 0 aliphatic carbocycles. The molecule has 0 fully saturated rings. The van der Waals surface area contributed by atoms with Crippen LogP contribution in [-0.4, -0.2) is 40.4 Å². The first-order valence-electron chi connectivity index (χ1n) is 8.48. The first-order valence-corrected chi connectivity index (χ1v) is 10.3. The number of nitrogens with one attached hydrogen (secondary N) is 1. The van der Waals surface area contributed by atoms with Gasteiger partial charge in [-0.15, -0.1) is 0 Å². The molecule has 0 aromatic heterocycles. The van der Waals surface area contributed by atoms with Crippen molar-refractivity contribution in [2.24, 2.45) is 0 Å². The van der Waals surface area contributed by atoms with Crippen LogP contribution in [0, 0.1) is 0 Å². The number of esters is 1. The van der Waals surface area contributed by atoms with E-state index >= 15 is 0 Å². The third-order valence-electron chi connectivity index (χ3n) is 3.95. The highest BCUT2D eigenvalue weighted by Gasteiger charge is 2.19. The van der Waals surface area contributed by atoms with Gasteiger partial charge in [0.25, 0.3) is 0 Å². The summed E-state index contributed by atoms with van der Waals surface area (Å²) in [4.78, 5) is 24.3. The summed E-state index contributed by atoms with van der Waals surface area (Å²) >= 11 is 5.79. The number of ether oxygens (including phenoxy) is 2. The van der Waals surface area contributed by atoms with Gasteiger partial charge in [-0.2, -0.15) is 0 Å². The van der Waals surface area contributed by atoms with Gasteiger partial charge < -0.3 is 9.47 Å². The van der Waals surface area contributed by atoms with Crippen LogP contribution in [0.25, 0.3) is 6.08 Å². The lowest BCUT2D eigenvalue weighted by Crippen LogP contribution is -2.23. The molecule has 0 amide bonds. The van der Waals surface area contributed by atoms with Gasteiger partial charge in [-0.1, -0.05) is 17.7 Å². The molecule has 1 N–H and O–H groups in total. The summed E-state index contributed by atoms with van der Waals surface area (Å²) < 4.78 is 36.6. The van der Waals surface area contributed by atoms with E-state index in [9.17, 15) is 18.0 Å². The number of hydrogen-bond acceptors (Lipinski definition) is 6. The van der Waals surface area contributed by atoms with Crippen LogP contribution in [0.1, 0.15) is 22.8 Å². The smallest absolute Gasteiger partial charge is 0.331 e. The van der Waals surface area contributed by atoms with Crippen LogP contribution in [0.2, 0.25) is 5.02 Å². The third-order valence-corrected chi connectivity index (χ3v) is 5.64. The molecule has 29 heavy (non-hydrogen) atoms. The Hall–Kier alpha value is -2.68. The molecule has 7 nitrogen and oxygen atoms in total. The highest BCUT2D eigenvalue weighted by molar-refractivity contribution is 7.89. The Morgan fingerprint density at radius 1 is 1.14 bits per heavy atom. The quantitative estimate of drug-likeness (QED) is 0.387. The maximum absolute atomic E-state index is 12.3. The molecule has 0 spiro atoms. The molecule has 2 aromatic rings. The normalized spacial score (nSPS) is 12.6. The number of methoxy groups -OCH3 is 1. The number of halogens is 1. The van der Waals surface area contributed by atoms with E-state index in [1.54, 1.807) is 30.3 Å². The summed E-state index contributed by atoms with van der Waals surface area (Å²) in [5.74, 6) is -0.940. The fourth-order valence-corrected chi connectivity index (χ4v) is 3.45. The second-order valence-corrected chi connectivity index (χ2v) is 8.19. The number of sulfonamides is 1. The zero-order chi connectivity index (χ0) is 21.6. The molecule has 154 valence electrons. The third kappa shape index (κ3) is 5.90. The van der Waals surface area contributed by atoms with Gasteiger partial charge in [-0.05, 0) is 62.0 Å². The minimum Gasteiger partial charge on any atom is -0.495 e. The number of ketones is 1. The second-order valence-electron chi connectivity index (χ2n) is 5.90. The minimum atomic E-state index is -3.75. The van der Waals surface area contributed by atoms with Crippen LogP contribution < -0.4 is 9.46 Å². The number of carbonyl (C=O) groups is 2. The van der Waals surface area contributed by atoms with Crippen molar-refractivity contribution in [3.63, 3.8) is 0 Å². The van der Waals surface area contributed by atoms with Crippen molar-refractivity contribution >= 4 is 39.5 Å². The maximum atomic E-state index is 12.3. The summed E-state index contributed by atoms with van der Waals surface area (Å²) in [6, 6.07) is 10.7. The molecule has 0 aliphatic heterocycles. The predicted molar refractivity (Wildman–Crippen MR) is 110 cm³/mol. The number of benzene rings is 2. The van der Waals surface area contributed by atoms with Crippen LogP contribution in [0.5, 0.6) is 5.75 Å². The van der Waals surface area contributed by atoms with E-state index in [0.29, 0.717) is 16.1 Å². The van der Waals surface area contributed by atoms with E-state index in [0.717, 1.165) is 6.08 Å². The van der Waals surface area contributed by atoms with Gasteiger partial charge in [-0.25, -0.2) is 17.9 Å². The molecular formula is C20H20ClNO6S. The van der Waals surface area contributed by atoms with E-state index in [1.807, 2.05) is 0 Å². The van der Waals surface area contributed by atoms with Crippen LogP contribution in [0.3, 0.4) is 0 Å². The fraction of sp³-hybridized carbons (Fsp3) is 0.200. The Kier molecular flexibility index (Phi) is 7.55. The molecule has 0 saturated carbocycles. The minimum absolute atomic E-state index is 0.0655. The first-order chi connectivity index (χ1) is 13.7. The molecule has 1 unspecified atom stereocenters. The van der Waals surface area contributed by atoms with E-state index in [2.05, 4.69) is 4.72 Å². The molecule has 2 rings (SSSR count). The summed E-state index contributed by atoms with van der Waals surface area (Å²) in [6.45, 7) is 1.47. The predicted octanol–water partition coefficient (Wildman–Crippen LogP) is 3.08. The maximum Gasteiger partial charge on any atom is 0.331 e. The Morgan fingerprint density at radius 3 is 2.38 bits per heavy atom. The summed E-state index contributed by atoms with van der Waals surface area (Å²) in [6.07, 6.45) is 1.50.